The molecule has 0 saturated carbocycles. The Morgan fingerprint density at radius 1 is 1.03 bits per heavy atom. The molecule has 0 spiro atoms. The average molecular weight is 447 g/mol. The number of hydrogen-bond acceptors (Lipinski definition) is 4. The van der Waals surface area contributed by atoms with Crippen molar-refractivity contribution in [3.05, 3.63) is 95.8 Å². The van der Waals surface area contributed by atoms with Crippen LogP contribution in [0.4, 0.5) is 10.1 Å². The van der Waals surface area contributed by atoms with Gasteiger partial charge in [0.2, 0.25) is 5.91 Å². The van der Waals surface area contributed by atoms with Gasteiger partial charge in [0.05, 0.1) is 0 Å². The van der Waals surface area contributed by atoms with Crippen molar-refractivity contribution in [1.29, 1.82) is 0 Å². The number of aromatic nitrogens is 3. The minimum absolute atomic E-state index is 0.212. The van der Waals surface area contributed by atoms with Crippen LogP contribution in [0.2, 0.25) is 0 Å². The monoisotopic (exact) mass is 446 g/mol. The predicted molar refractivity (Wildman–Crippen MR) is 126 cm³/mol. The third kappa shape index (κ3) is 4.89. The summed E-state index contributed by atoms with van der Waals surface area (Å²) >= 11 is 1.35. The largest absolute Gasteiger partial charge is 0.325 e. The number of amides is 1. The Morgan fingerprint density at radius 3 is 2.47 bits per heavy atom. The third-order valence-corrected chi connectivity index (χ3v) is 6.22. The molecule has 1 atom stereocenters. The molecule has 0 fully saturated rings. The Morgan fingerprint density at radius 2 is 1.78 bits per heavy atom. The van der Waals surface area contributed by atoms with Gasteiger partial charge in [-0.15, -0.1) is 10.2 Å². The maximum Gasteiger partial charge on any atom is 0.242 e. The van der Waals surface area contributed by atoms with E-state index in [1.165, 1.54) is 23.9 Å². The molecule has 0 bridgehead atoms. The quantitative estimate of drug-likeness (QED) is 0.360. The summed E-state index contributed by atoms with van der Waals surface area (Å²) < 4.78 is 15.3. The molecule has 0 aliphatic heterocycles. The summed E-state index contributed by atoms with van der Waals surface area (Å²) in [5, 5.41) is 11.8. The molecule has 162 valence electrons. The van der Waals surface area contributed by atoms with E-state index in [2.05, 4.69) is 21.6 Å². The molecule has 0 aliphatic rings. The summed E-state index contributed by atoms with van der Waals surface area (Å²) in [6.07, 6.45) is 0. The maximum atomic E-state index is 13.3. The van der Waals surface area contributed by atoms with Crippen molar-refractivity contribution in [3.8, 4) is 11.4 Å². The summed E-state index contributed by atoms with van der Waals surface area (Å²) in [5.41, 5.74) is 3.51. The van der Waals surface area contributed by atoms with Gasteiger partial charge in [-0.25, -0.2) is 4.39 Å². The van der Waals surface area contributed by atoms with Crippen LogP contribution in [0.3, 0.4) is 0 Å². The zero-order valence-corrected chi connectivity index (χ0v) is 18.6. The van der Waals surface area contributed by atoms with E-state index in [1.54, 1.807) is 12.1 Å². The van der Waals surface area contributed by atoms with E-state index in [0.717, 1.165) is 22.5 Å². The normalized spacial score (nSPS) is 11.8. The van der Waals surface area contributed by atoms with E-state index in [9.17, 15) is 9.18 Å². The summed E-state index contributed by atoms with van der Waals surface area (Å²) in [6.45, 7) is 4.74. The van der Waals surface area contributed by atoms with E-state index in [1.807, 2.05) is 66.9 Å². The summed E-state index contributed by atoms with van der Waals surface area (Å²) in [7, 11) is 0. The number of rotatable bonds is 7. The molecule has 1 unspecified atom stereocenters. The molecular formula is C25H23FN4OS. The van der Waals surface area contributed by atoms with Crippen molar-refractivity contribution in [2.24, 2.45) is 0 Å². The number of aryl methyl sites for hydroxylation is 1. The smallest absolute Gasteiger partial charge is 0.242 e. The molecule has 7 heteroatoms. The van der Waals surface area contributed by atoms with Gasteiger partial charge in [-0.3, -0.25) is 4.79 Å². The van der Waals surface area contributed by atoms with Crippen molar-refractivity contribution in [2.45, 2.75) is 30.8 Å². The van der Waals surface area contributed by atoms with Crippen molar-refractivity contribution in [1.82, 2.24) is 14.8 Å². The molecule has 1 N–H and O–H groups in total. The molecule has 0 aliphatic carbocycles. The molecule has 0 radical (unpaired) electrons. The molecule has 4 aromatic rings. The van der Waals surface area contributed by atoms with Crippen LogP contribution < -0.4 is 5.32 Å². The van der Waals surface area contributed by atoms with Crippen molar-refractivity contribution < 1.29 is 9.18 Å². The number of nitrogens with one attached hydrogen (secondary N) is 1. The fourth-order valence-corrected chi connectivity index (χ4v) is 4.51. The SMILES string of the molecule is CCn1c(SC(C(=O)Nc2ccc(F)cc2)c2ccccc2)nnc1-c1cccc(C)c1. The highest BCUT2D eigenvalue weighted by atomic mass is 32.2. The van der Waals surface area contributed by atoms with E-state index in [4.69, 9.17) is 0 Å². The Bertz CT molecular complexity index is 1210. The second-order valence-electron chi connectivity index (χ2n) is 7.32. The van der Waals surface area contributed by atoms with Gasteiger partial charge in [0, 0.05) is 17.8 Å². The Hall–Kier alpha value is -3.45. The molecule has 32 heavy (non-hydrogen) atoms. The first-order valence-electron chi connectivity index (χ1n) is 10.3. The number of carbonyl (C=O) groups excluding carboxylic acids is 1. The van der Waals surface area contributed by atoms with Crippen LogP contribution in [0.15, 0.2) is 84.0 Å². The first-order chi connectivity index (χ1) is 15.5. The fourth-order valence-electron chi connectivity index (χ4n) is 3.41. The van der Waals surface area contributed by atoms with Crippen molar-refractivity contribution in [2.75, 3.05) is 5.32 Å². The third-order valence-electron chi connectivity index (χ3n) is 4.98. The molecule has 4 rings (SSSR count). The van der Waals surface area contributed by atoms with Crippen LogP contribution in [-0.2, 0) is 11.3 Å². The number of halogens is 1. The van der Waals surface area contributed by atoms with E-state index >= 15 is 0 Å². The van der Waals surface area contributed by atoms with Crippen LogP contribution in [0.1, 0.15) is 23.3 Å². The number of carbonyl (C=O) groups is 1. The first kappa shape index (κ1) is 21.8. The van der Waals surface area contributed by atoms with Gasteiger partial charge in [0.1, 0.15) is 11.1 Å². The van der Waals surface area contributed by atoms with E-state index < -0.39 is 5.25 Å². The lowest BCUT2D eigenvalue weighted by molar-refractivity contribution is -0.115. The molecule has 5 nitrogen and oxygen atoms in total. The Balaban J connectivity index is 1.66. The van der Waals surface area contributed by atoms with Gasteiger partial charge in [-0.1, -0.05) is 65.9 Å². The Labute approximate surface area is 190 Å². The predicted octanol–water partition coefficient (Wildman–Crippen LogP) is 5.88. The fraction of sp³-hybridized carbons (Fsp3) is 0.160. The molecule has 0 saturated heterocycles. The van der Waals surface area contributed by atoms with Gasteiger partial charge in [-0.05, 0) is 49.7 Å². The van der Waals surface area contributed by atoms with Crippen LogP contribution in [0.25, 0.3) is 11.4 Å². The van der Waals surface area contributed by atoms with Gasteiger partial charge in [-0.2, -0.15) is 0 Å². The second-order valence-corrected chi connectivity index (χ2v) is 8.40. The lowest BCUT2D eigenvalue weighted by atomic mass is 10.1. The maximum absolute atomic E-state index is 13.3. The number of anilines is 1. The topological polar surface area (TPSA) is 59.8 Å². The summed E-state index contributed by atoms with van der Waals surface area (Å²) in [5.74, 6) is 0.205. The van der Waals surface area contributed by atoms with Gasteiger partial charge >= 0.3 is 0 Å². The first-order valence-corrected chi connectivity index (χ1v) is 11.2. The zero-order valence-electron chi connectivity index (χ0n) is 17.8. The number of hydrogen-bond donors (Lipinski definition) is 1. The molecule has 3 aromatic carbocycles. The zero-order chi connectivity index (χ0) is 22.5. The van der Waals surface area contributed by atoms with Crippen LogP contribution in [-0.4, -0.2) is 20.7 Å². The second kappa shape index (κ2) is 9.78. The molecule has 1 amide bonds. The summed E-state index contributed by atoms with van der Waals surface area (Å²) in [4.78, 5) is 13.2. The highest BCUT2D eigenvalue weighted by Gasteiger charge is 2.26. The minimum atomic E-state index is -0.555. The van der Waals surface area contributed by atoms with Crippen LogP contribution in [0, 0.1) is 12.7 Å². The van der Waals surface area contributed by atoms with Crippen molar-refractivity contribution >= 4 is 23.4 Å². The van der Waals surface area contributed by atoms with Gasteiger partial charge < -0.3 is 9.88 Å². The van der Waals surface area contributed by atoms with E-state index in [-0.39, 0.29) is 11.7 Å². The van der Waals surface area contributed by atoms with Gasteiger partial charge in [0.15, 0.2) is 11.0 Å². The molecule has 1 aromatic heterocycles. The number of thioether (sulfide) groups is 1. The van der Waals surface area contributed by atoms with Crippen LogP contribution in [0.5, 0.6) is 0 Å². The standard InChI is InChI=1S/C25H23FN4OS/c1-3-30-23(19-11-7-8-17(2)16-19)28-29-25(30)32-22(18-9-5-4-6-10-18)24(31)27-21-14-12-20(26)13-15-21/h4-16,22H,3H2,1-2H3,(H,27,31). The minimum Gasteiger partial charge on any atom is -0.325 e. The van der Waals surface area contributed by atoms with Gasteiger partial charge in [0.25, 0.3) is 0 Å². The Kier molecular flexibility index (Phi) is 6.66. The molecule has 1 heterocycles. The lowest BCUT2D eigenvalue weighted by Gasteiger charge is -2.17. The van der Waals surface area contributed by atoms with E-state index in [0.29, 0.717) is 17.4 Å². The van der Waals surface area contributed by atoms with Crippen molar-refractivity contribution in [3.63, 3.8) is 0 Å². The highest BCUT2D eigenvalue weighted by molar-refractivity contribution is 8.00. The average Bonchev–Trinajstić information content (AvgIpc) is 3.22. The lowest BCUT2D eigenvalue weighted by Crippen LogP contribution is -2.19. The highest BCUT2D eigenvalue weighted by Crippen LogP contribution is 2.37. The summed E-state index contributed by atoms with van der Waals surface area (Å²) in [6, 6.07) is 23.4. The number of nitrogens with zero attached hydrogens (tertiary/aromatic N) is 3. The number of benzene rings is 3. The van der Waals surface area contributed by atoms with Crippen LogP contribution >= 0.6 is 11.8 Å². The molecular weight excluding hydrogens is 423 g/mol.